The Balaban J connectivity index is 1.45. The predicted octanol–water partition coefficient (Wildman–Crippen LogP) is 5.66. The number of carbonyl (C=O) groups is 1. The molecule has 0 aliphatic carbocycles. The second-order valence-corrected chi connectivity index (χ2v) is 7.81. The lowest BCUT2D eigenvalue weighted by atomic mass is 10.1. The van der Waals surface area contributed by atoms with Gasteiger partial charge in [-0.2, -0.15) is 5.10 Å². The van der Waals surface area contributed by atoms with Gasteiger partial charge in [-0.15, -0.1) is 0 Å². The molecule has 0 fully saturated rings. The Morgan fingerprint density at radius 2 is 1.48 bits per heavy atom. The van der Waals surface area contributed by atoms with E-state index in [0.29, 0.717) is 19.4 Å². The van der Waals surface area contributed by atoms with E-state index in [1.54, 1.807) is 0 Å². The number of hydrogen-bond acceptors (Lipinski definition) is 2. The first-order valence-electron chi connectivity index (χ1n) is 10.6. The first-order valence-corrected chi connectivity index (χ1v) is 10.6. The first kappa shape index (κ1) is 20.6. The zero-order valence-electron chi connectivity index (χ0n) is 18.0. The Bertz CT molecular complexity index is 1130. The fourth-order valence-corrected chi connectivity index (χ4v) is 3.78. The van der Waals surface area contributed by atoms with Crippen molar-refractivity contribution in [1.82, 2.24) is 9.78 Å². The van der Waals surface area contributed by atoms with Crippen LogP contribution in [0, 0.1) is 13.8 Å². The van der Waals surface area contributed by atoms with Gasteiger partial charge in [0.05, 0.1) is 17.9 Å². The van der Waals surface area contributed by atoms with Crippen LogP contribution in [-0.2, 0) is 17.8 Å². The van der Waals surface area contributed by atoms with Crippen molar-refractivity contribution in [3.63, 3.8) is 0 Å². The van der Waals surface area contributed by atoms with Gasteiger partial charge in [0.1, 0.15) is 0 Å². The van der Waals surface area contributed by atoms with Crippen LogP contribution in [0.25, 0.3) is 5.69 Å². The van der Waals surface area contributed by atoms with Gasteiger partial charge in [0.25, 0.3) is 0 Å². The van der Waals surface area contributed by atoms with Gasteiger partial charge in [0.15, 0.2) is 0 Å². The number of aryl methyl sites for hydroxylation is 3. The van der Waals surface area contributed by atoms with E-state index in [0.717, 1.165) is 33.9 Å². The summed E-state index contributed by atoms with van der Waals surface area (Å²) in [5.41, 5.74) is 6.35. The third-order valence-corrected chi connectivity index (χ3v) is 5.37. The molecule has 1 heterocycles. The number of carbonyl (C=O) groups excluding carboxylic acids is 1. The highest BCUT2D eigenvalue weighted by Gasteiger charge is 2.16. The molecule has 0 radical (unpaired) electrons. The number of benzene rings is 3. The van der Waals surface area contributed by atoms with Crippen molar-refractivity contribution >= 4 is 11.6 Å². The first-order chi connectivity index (χ1) is 15.1. The molecule has 0 saturated carbocycles. The molecule has 0 aliphatic heterocycles. The smallest absolute Gasteiger partial charge is 0.227 e. The highest BCUT2D eigenvalue weighted by atomic mass is 16.2. The van der Waals surface area contributed by atoms with E-state index in [9.17, 15) is 4.79 Å². The number of hydrogen-bond donors (Lipinski definition) is 0. The lowest BCUT2D eigenvalue weighted by Gasteiger charge is -2.23. The van der Waals surface area contributed by atoms with E-state index in [-0.39, 0.29) is 5.91 Å². The molecule has 31 heavy (non-hydrogen) atoms. The van der Waals surface area contributed by atoms with Gasteiger partial charge < -0.3 is 4.90 Å². The lowest BCUT2D eigenvalue weighted by Crippen LogP contribution is -2.30. The number of para-hydroxylation sites is 1. The number of anilines is 1. The second-order valence-electron chi connectivity index (χ2n) is 7.81. The molecule has 0 aliphatic rings. The quantitative estimate of drug-likeness (QED) is 0.395. The minimum absolute atomic E-state index is 0.123. The fraction of sp³-hybridized carbons (Fsp3) is 0.185. The largest absolute Gasteiger partial charge is 0.308 e. The normalized spacial score (nSPS) is 10.8. The van der Waals surface area contributed by atoms with Crippen molar-refractivity contribution < 1.29 is 4.79 Å². The summed E-state index contributed by atoms with van der Waals surface area (Å²) < 4.78 is 1.95. The predicted molar refractivity (Wildman–Crippen MR) is 125 cm³/mol. The van der Waals surface area contributed by atoms with Crippen LogP contribution in [0.5, 0.6) is 0 Å². The van der Waals surface area contributed by atoms with Crippen LogP contribution in [0.4, 0.5) is 5.69 Å². The van der Waals surface area contributed by atoms with Crippen LogP contribution >= 0.6 is 0 Å². The molecule has 4 aromatic rings. The van der Waals surface area contributed by atoms with Crippen LogP contribution in [0.3, 0.4) is 0 Å². The molecule has 1 amide bonds. The number of amides is 1. The molecule has 3 aromatic carbocycles. The summed E-state index contributed by atoms with van der Waals surface area (Å²) >= 11 is 0. The molecule has 4 rings (SSSR count). The van der Waals surface area contributed by atoms with Crippen LogP contribution in [0.1, 0.15) is 28.9 Å². The standard InChI is InChI=1S/C27H27N3O/c1-21-19-22(2)30(28-21)26-16-13-23(14-17-26)15-18-27(31)29(25-11-7-4-8-12-25)20-24-9-5-3-6-10-24/h3-14,16-17,19H,15,18,20H2,1-2H3. The van der Waals surface area contributed by atoms with Crippen LogP contribution in [-0.4, -0.2) is 15.7 Å². The van der Waals surface area contributed by atoms with E-state index < -0.39 is 0 Å². The van der Waals surface area contributed by atoms with Gasteiger partial charge in [-0.25, -0.2) is 4.68 Å². The topological polar surface area (TPSA) is 38.1 Å². The lowest BCUT2D eigenvalue weighted by molar-refractivity contribution is -0.118. The summed E-state index contributed by atoms with van der Waals surface area (Å²) in [4.78, 5) is 15.0. The molecule has 4 heteroatoms. The molecule has 1 aromatic heterocycles. The van der Waals surface area contributed by atoms with Crippen molar-refractivity contribution in [3.8, 4) is 5.69 Å². The number of nitrogens with zero attached hydrogens (tertiary/aromatic N) is 3. The second kappa shape index (κ2) is 9.43. The van der Waals surface area contributed by atoms with Gasteiger partial charge in [0, 0.05) is 17.8 Å². The van der Waals surface area contributed by atoms with E-state index in [4.69, 9.17) is 0 Å². The maximum Gasteiger partial charge on any atom is 0.227 e. The molecule has 156 valence electrons. The van der Waals surface area contributed by atoms with E-state index in [2.05, 4.69) is 54.5 Å². The Labute approximate surface area is 183 Å². The van der Waals surface area contributed by atoms with Gasteiger partial charge in [0.2, 0.25) is 5.91 Å². The molecule has 0 bridgehead atoms. The van der Waals surface area contributed by atoms with Gasteiger partial charge in [-0.1, -0.05) is 60.7 Å². The minimum Gasteiger partial charge on any atom is -0.308 e. The van der Waals surface area contributed by atoms with Crippen molar-refractivity contribution in [3.05, 3.63) is 114 Å². The molecule has 0 atom stereocenters. The minimum atomic E-state index is 0.123. The van der Waals surface area contributed by atoms with E-state index >= 15 is 0 Å². The molecule has 4 nitrogen and oxygen atoms in total. The van der Waals surface area contributed by atoms with Gasteiger partial charge in [-0.05, 0) is 61.7 Å². The molecule has 0 N–H and O–H groups in total. The Morgan fingerprint density at radius 3 is 2.10 bits per heavy atom. The van der Waals surface area contributed by atoms with E-state index in [1.807, 2.05) is 65.0 Å². The summed E-state index contributed by atoms with van der Waals surface area (Å²) in [7, 11) is 0. The summed E-state index contributed by atoms with van der Waals surface area (Å²) in [6, 6.07) is 30.4. The van der Waals surface area contributed by atoms with Crippen molar-refractivity contribution in [1.29, 1.82) is 0 Å². The zero-order chi connectivity index (χ0) is 21.6. The van der Waals surface area contributed by atoms with E-state index in [1.165, 1.54) is 0 Å². The summed E-state index contributed by atoms with van der Waals surface area (Å²) in [6.45, 7) is 4.62. The zero-order valence-corrected chi connectivity index (χ0v) is 18.0. The van der Waals surface area contributed by atoms with Crippen molar-refractivity contribution in [2.75, 3.05) is 4.90 Å². The summed E-state index contributed by atoms with van der Waals surface area (Å²) in [5, 5.41) is 4.54. The third kappa shape index (κ3) is 5.10. The maximum absolute atomic E-state index is 13.2. The van der Waals surface area contributed by atoms with Crippen molar-refractivity contribution in [2.45, 2.75) is 33.2 Å². The Morgan fingerprint density at radius 1 is 0.839 bits per heavy atom. The monoisotopic (exact) mass is 409 g/mol. The molecular formula is C27H27N3O. The summed E-state index contributed by atoms with van der Waals surface area (Å²) in [5.74, 6) is 0.123. The molecule has 0 unspecified atom stereocenters. The Kier molecular flexibility index (Phi) is 6.27. The number of aromatic nitrogens is 2. The maximum atomic E-state index is 13.2. The third-order valence-electron chi connectivity index (χ3n) is 5.37. The summed E-state index contributed by atoms with van der Waals surface area (Å²) in [6.07, 6.45) is 1.16. The van der Waals surface area contributed by atoms with Gasteiger partial charge >= 0.3 is 0 Å². The highest BCUT2D eigenvalue weighted by Crippen LogP contribution is 2.20. The fourth-order valence-electron chi connectivity index (χ4n) is 3.78. The van der Waals surface area contributed by atoms with Crippen LogP contribution < -0.4 is 4.90 Å². The average Bonchev–Trinajstić information content (AvgIpc) is 3.15. The highest BCUT2D eigenvalue weighted by molar-refractivity contribution is 5.93. The molecule has 0 saturated heterocycles. The van der Waals surface area contributed by atoms with Crippen molar-refractivity contribution in [2.24, 2.45) is 0 Å². The molecular weight excluding hydrogens is 382 g/mol. The number of rotatable bonds is 7. The SMILES string of the molecule is Cc1cc(C)n(-c2ccc(CCC(=O)N(Cc3ccccc3)c3ccccc3)cc2)n1. The van der Waals surface area contributed by atoms with Crippen LogP contribution in [0.15, 0.2) is 91.0 Å². The molecule has 0 spiro atoms. The van der Waals surface area contributed by atoms with Crippen LogP contribution in [0.2, 0.25) is 0 Å². The van der Waals surface area contributed by atoms with Gasteiger partial charge in [-0.3, -0.25) is 4.79 Å². The Hall–Kier alpha value is -3.66. The average molecular weight is 410 g/mol.